The Morgan fingerprint density at radius 2 is 2.14 bits per heavy atom. The standard InChI is InChI=1S/C12H13N3O6/c16-5-9-10(17)11(18)12(21-9)14-4-6-7(13-14)2-1-3-8(6)15(19)20/h1-4,9-12,16-18H,5H2/t9-,10+,11-,12+/m0/s1. The maximum Gasteiger partial charge on any atom is 0.280 e. The molecule has 2 heterocycles. The van der Waals surface area contributed by atoms with E-state index in [2.05, 4.69) is 5.10 Å². The molecule has 3 rings (SSSR count). The molecule has 0 radical (unpaired) electrons. The van der Waals surface area contributed by atoms with Crippen LogP contribution in [-0.2, 0) is 4.74 Å². The molecule has 4 atom stereocenters. The third kappa shape index (κ3) is 2.16. The van der Waals surface area contributed by atoms with Gasteiger partial charge in [-0.1, -0.05) is 6.07 Å². The van der Waals surface area contributed by atoms with E-state index in [-0.39, 0.29) is 5.69 Å². The van der Waals surface area contributed by atoms with E-state index in [0.29, 0.717) is 10.9 Å². The van der Waals surface area contributed by atoms with Crippen LogP contribution in [-0.4, -0.2) is 54.9 Å². The first-order chi connectivity index (χ1) is 10.0. The van der Waals surface area contributed by atoms with Crippen LogP contribution in [0.1, 0.15) is 6.23 Å². The first kappa shape index (κ1) is 13.9. The molecule has 9 heteroatoms. The van der Waals surface area contributed by atoms with Crippen molar-refractivity contribution in [2.45, 2.75) is 24.5 Å². The smallest absolute Gasteiger partial charge is 0.280 e. The maximum atomic E-state index is 11.0. The number of aliphatic hydroxyl groups is 3. The van der Waals surface area contributed by atoms with E-state index in [1.807, 2.05) is 0 Å². The zero-order valence-corrected chi connectivity index (χ0v) is 10.7. The molecule has 0 spiro atoms. The second kappa shape index (κ2) is 5.04. The average Bonchev–Trinajstić information content (AvgIpc) is 3.01. The molecule has 1 fully saturated rings. The van der Waals surface area contributed by atoms with Gasteiger partial charge in [-0.25, -0.2) is 4.68 Å². The Balaban J connectivity index is 2.02. The van der Waals surface area contributed by atoms with Gasteiger partial charge in [-0.3, -0.25) is 10.1 Å². The van der Waals surface area contributed by atoms with Gasteiger partial charge in [0.1, 0.15) is 18.3 Å². The van der Waals surface area contributed by atoms with Crippen LogP contribution < -0.4 is 0 Å². The fourth-order valence-corrected chi connectivity index (χ4v) is 2.43. The summed E-state index contributed by atoms with van der Waals surface area (Å²) in [4.78, 5) is 10.5. The lowest BCUT2D eigenvalue weighted by molar-refractivity contribution is -0.383. The molecule has 1 saturated heterocycles. The second-order valence-electron chi connectivity index (χ2n) is 4.81. The molecule has 21 heavy (non-hydrogen) atoms. The highest BCUT2D eigenvalue weighted by atomic mass is 16.6. The largest absolute Gasteiger partial charge is 0.394 e. The van der Waals surface area contributed by atoms with Crippen molar-refractivity contribution in [2.75, 3.05) is 6.61 Å². The number of aromatic nitrogens is 2. The van der Waals surface area contributed by atoms with Crippen LogP contribution in [0, 0.1) is 10.1 Å². The van der Waals surface area contributed by atoms with Crippen LogP contribution >= 0.6 is 0 Å². The molecule has 0 bridgehead atoms. The quantitative estimate of drug-likeness (QED) is 0.516. The van der Waals surface area contributed by atoms with Gasteiger partial charge in [-0.2, -0.15) is 5.10 Å². The fourth-order valence-electron chi connectivity index (χ4n) is 2.43. The van der Waals surface area contributed by atoms with Crippen molar-refractivity contribution in [2.24, 2.45) is 0 Å². The Morgan fingerprint density at radius 1 is 1.38 bits per heavy atom. The number of aliphatic hydroxyl groups excluding tert-OH is 3. The minimum atomic E-state index is -1.28. The first-order valence-corrected chi connectivity index (χ1v) is 6.27. The predicted molar refractivity (Wildman–Crippen MR) is 69.4 cm³/mol. The van der Waals surface area contributed by atoms with Crippen molar-refractivity contribution in [3.8, 4) is 0 Å². The summed E-state index contributed by atoms with van der Waals surface area (Å²) in [6, 6.07) is 4.46. The molecule has 2 aromatic rings. The molecule has 3 N–H and O–H groups in total. The van der Waals surface area contributed by atoms with Gasteiger partial charge in [-0.05, 0) is 6.07 Å². The second-order valence-corrected chi connectivity index (χ2v) is 4.81. The molecule has 112 valence electrons. The minimum absolute atomic E-state index is 0.106. The first-order valence-electron chi connectivity index (χ1n) is 6.27. The minimum Gasteiger partial charge on any atom is -0.394 e. The van der Waals surface area contributed by atoms with Crippen molar-refractivity contribution in [3.05, 3.63) is 34.5 Å². The summed E-state index contributed by atoms with van der Waals surface area (Å²) >= 11 is 0. The van der Waals surface area contributed by atoms with Crippen molar-refractivity contribution < 1.29 is 25.0 Å². The van der Waals surface area contributed by atoms with Gasteiger partial charge in [-0.15, -0.1) is 0 Å². The lowest BCUT2D eigenvalue weighted by Crippen LogP contribution is -2.33. The van der Waals surface area contributed by atoms with E-state index in [1.165, 1.54) is 23.0 Å². The lowest BCUT2D eigenvalue weighted by Gasteiger charge is -2.14. The summed E-state index contributed by atoms with van der Waals surface area (Å²) in [7, 11) is 0. The third-order valence-corrected chi connectivity index (χ3v) is 3.52. The Morgan fingerprint density at radius 3 is 2.76 bits per heavy atom. The number of non-ortho nitro benzene ring substituents is 1. The molecule has 9 nitrogen and oxygen atoms in total. The molecule has 0 unspecified atom stereocenters. The lowest BCUT2D eigenvalue weighted by atomic mass is 10.1. The van der Waals surface area contributed by atoms with Gasteiger partial charge in [0.2, 0.25) is 0 Å². The van der Waals surface area contributed by atoms with Crippen molar-refractivity contribution in [3.63, 3.8) is 0 Å². The topological polar surface area (TPSA) is 131 Å². The van der Waals surface area contributed by atoms with E-state index < -0.39 is 36.1 Å². The third-order valence-electron chi connectivity index (χ3n) is 3.52. The van der Waals surface area contributed by atoms with Gasteiger partial charge in [0.15, 0.2) is 6.23 Å². The molecular formula is C12H13N3O6. The predicted octanol–water partition coefficient (Wildman–Crippen LogP) is -0.444. The van der Waals surface area contributed by atoms with Gasteiger partial charge in [0.25, 0.3) is 5.69 Å². The number of fused-ring (bicyclic) bond motifs is 1. The van der Waals surface area contributed by atoms with E-state index >= 15 is 0 Å². The van der Waals surface area contributed by atoms with Gasteiger partial charge < -0.3 is 20.1 Å². The van der Waals surface area contributed by atoms with Gasteiger partial charge in [0, 0.05) is 12.3 Å². The molecule has 0 aliphatic carbocycles. The van der Waals surface area contributed by atoms with Crippen molar-refractivity contribution >= 4 is 16.6 Å². The normalized spacial score (nSPS) is 29.1. The Bertz CT molecular complexity index is 687. The average molecular weight is 295 g/mol. The Hall–Kier alpha value is -2.07. The number of ether oxygens (including phenoxy) is 1. The summed E-state index contributed by atoms with van der Waals surface area (Å²) in [5, 5.41) is 44.1. The van der Waals surface area contributed by atoms with Gasteiger partial charge >= 0.3 is 0 Å². The van der Waals surface area contributed by atoms with Crippen LogP contribution in [0.15, 0.2) is 24.4 Å². The summed E-state index contributed by atoms with van der Waals surface area (Å²) in [5.74, 6) is 0. The molecular weight excluding hydrogens is 282 g/mol. The molecule has 0 amide bonds. The number of nitrogens with zero attached hydrogens (tertiary/aromatic N) is 3. The number of hydrogen-bond donors (Lipinski definition) is 3. The maximum absolute atomic E-state index is 11.0. The van der Waals surface area contributed by atoms with E-state index in [4.69, 9.17) is 9.84 Å². The molecule has 0 saturated carbocycles. The van der Waals surface area contributed by atoms with Crippen LogP contribution in [0.5, 0.6) is 0 Å². The summed E-state index contributed by atoms with van der Waals surface area (Å²) in [5.41, 5.74) is 0.271. The van der Waals surface area contributed by atoms with E-state index in [9.17, 15) is 20.3 Å². The summed E-state index contributed by atoms with van der Waals surface area (Å²) < 4.78 is 6.56. The highest BCUT2D eigenvalue weighted by Gasteiger charge is 2.43. The molecule has 1 aromatic heterocycles. The fraction of sp³-hybridized carbons (Fsp3) is 0.417. The highest BCUT2D eigenvalue weighted by molar-refractivity contribution is 5.87. The van der Waals surface area contributed by atoms with E-state index in [1.54, 1.807) is 6.07 Å². The van der Waals surface area contributed by atoms with Crippen LogP contribution in [0.25, 0.3) is 10.9 Å². The van der Waals surface area contributed by atoms with Crippen LogP contribution in [0.3, 0.4) is 0 Å². The van der Waals surface area contributed by atoms with Gasteiger partial charge in [0.05, 0.1) is 22.4 Å². The SMILES string of the molecule is O=[N+]([O-])c1cccc2nn([C@@H]3O[C@@H](CO)[C@@H](O)[C@@H]3O)cc12. The van der Waals surface area contributed by atoms with E-state index in [0.717, 1.165) is 0 Å². The summed E-state index contributed by atoms with van der Waals surface area (Å²) in [6.45, 7) is -0.449. The number of hydrogen-bond acceptors (Lipinski definition) is 7. The monoisotopic (exact) mass is 295 g/mol. The Labute approximate surface area is 118 Å². The molecule has 1 aliphatic rings. The Kier molecular flexibility index (Phi) is 3.33. The molecule has 1 aromatic carbocycles. The van der Waals surface area contributed by atoms with Crippen molar-refractivity contribution in [1.82, 2.24) is 9.78 Å². The van der Waals surface area contributed by atoms with Crippen LogP contribution in [0.2, 0.25) is 0 Å². The number of nitro benzene ring substituents is 1. The zero-order chi connectivity index (χ0) is 15.1. The van der Waals surface area contributed by atoms with Crippen LogP contribution in [0.4, 0.5) is 5.69 Å². The number of benzene rings is 1. The number of rotatable bonds is 3. The summed E-state index contributed by atoms with van der Waals surface area (Å²) in [6.07, 6.45) is -3.08. The zero-order valence-electron chi connectivity index (χ0n) is 10.7. The van der Waals surface area contributed by atoms with Crippen molar-refractivity contribution in [1.29, 1.82) is 0 Å². The number of nitro groups is 1. The highest BCUT2D eigenvalue weighted by Crippen LogP contribution is 2.32. The molecule has 1 aliphatic heterocycles.